The highest BCUT2D eigenvalue weighted by molar-refractivity contribution is 5.25. The molecule has 1 saturated carbocycles. The Balaban J connectivity index is 2.12. The average molecular weight is 216 g/mol. The molecule has 0 aliphatic heterocycles. The molecular formula is C16H24. The van der Waals surface area contributed by atoms with Crippen LogP contribution >= 0.6 is 0 Å². The Labute approximate surface area is 100 Å². The summed E-state index contributed by atoms with van der Waals surface area (Å²) in [7, 11) is 0. The highest BCUT2D eigenvalue weighted by Crippen LogP contribution is 2.45. The van der Waals surface area contributed by atoms with Gasteiger partial charge in [-0.05, 0) is 43.1 Å². The first-order valence-corrected chi connectivity index (χ1v) is 6.69. The lowest BCUT2D eigenvalue weighted by Crippen LogP contribution is -2.23. The van der Waals surface area contributed by atoms with Gasteiger partial charge in [0.25, 0.3) is 0 Å². The third-order valence-corrected chi connectivity index (χ3v) is 4.47. The second kappa shape index (κ2) is 4.61. The van der Waals surface area contributed by atoms with Crippen molar-refractivity contribution < 1.29 is 0 Å². The van der Waals surface area contributed by atoms with Crippen molar-refractivity contribution in [2.24, 2.45) is 5.41 Å². The summed E-state index contributed by atoms with van der Waals surface area (Å²) in [6.07, 6.45) is 6.93. The highest BCUT2D eigenvalue weighted by atomic mass is 14.4. The zero-order valence-corrected chi connectivity index (χ0v) is 10.9. The Hall–Kier alpha value is -0.780. The number of aryl methyl sites for hydroxylation is 1. The molecule has 0 nitrogen and oxygen atoms in total. The van der Waals surface area contributed by atoms with Crippen molar-refractivity contribution in [3.63, 3.8) is 0 Å². The van der Waals surface area contributed by atoms with Crippen LogP contribution in [-0.2, 0) is 0 Å². The Kier molecular flexibility index (Phi) is 3.37. The fourth-order valence-corrected chi connectivity index (χ4v) is 3.02. The summed E-state index contributed by atoms with van der Waals surface area (Å²) >= 11 is 0. The summed E-state index contributed by atoms with van der Waals surface area (Å²) < 4.78 is 0. The van der Waals surface area contributed by atoms with Crippen molar-refractivity contribution in [3.05, 3.63) is 35.4 Å². The Morgan fingerprint density at radius 1 is 1.25 bits per heavy atom. The van der Waals surface area contributed by atoms with Gasteiger partial charge in [0.1, 0.15) is 0 Å². The third-order valence-electron chi connectivity index (χ3n) is 4.47. The van der Waals surface area contributed by atoms with E-state index in [-0.39, 0.29) is 0 Å². The van der Waals surface area contributed by atoms with E-state index in [1.165, 1.54) is 37.7 Å². The molecule has 1 fully saturated rings. The van der Waals surface area contributed by atoms with E-state index in [1.807, 2.05) is 0 Å². The third kappa shape index (κ3) is 2.48. The van der Waals surface area contributed by atoms with Crippen LogP contribution in [0.4, 0.5) is 0 Å². The maximum absolute atomic E-state index is 2.47. The van der Waals surface area contributed by atoms with Gasteiger partial charge in [-0.1, -0.05) is 56.5 Å². The van der Waals surface area contributed by atoms with Crippen molar-refractivity contribution in [2.75, 3.05) is 0 Å². The van der Waals surface area contributed by atoms with Gasteiger partial charge < -0.3 is 0 Å². The summed E-state index contributed by atoms with van der Waals surface area (Å²) in [6, 6.07) is 9.18. The summed E-state index contributed by atoms with van der Waals surface area (Å²) in [4.78, 5) is 0. The molecule has 0 spiro atoms. The minimum absolute atomic E-state index is 0.591. The van der Waals surface area contributed by atoms with Crippen molar-refractivity contribution in [3.8, 4) is 0 Å². The summed E-state index contributed by atoms with van der Waals surface area (Å²) in [6.45, 7) is 6.98. The van der Waals surface area contributed by atoms with Gasteiger partial charge in [0.05, 0.1) is 0 Å². The molecule has 0 N–H and O–H groups in total. The Bertz CT molecular complexity index is 336. The van der Waals surface area contributed by atoms with Gasteiger partial charge in [0.15, 0.2) is 0 Å². The molecule has 2 rings (SSSR count). The van der Waals surface area contributed by atoms with Crippen LogP contribution in [0, 0.1) is 12.3 Å². The molecule has 0 radical (unpaired) electrons. The van der Waals surface area contributed by atoms with Crippen LogP contribution in [0.3, 0.4) is 0 Å². The van der Waals surface area contributed by atoms with Gasteiger partial charge in [-0.25, -0.2) is 0 Å². The largest absolute Gasteiger partial charge is 0.0649 e. The van der Waals surface area contributed by atoms with E-state index in [4.69, 9.17) is 0 Å². The van der Waals surface area contributed by atoms with Gasteiger partial charge in [-0.15, -0.1) is 0 Å². The maximum atomic E-state index is 2.47. The standard InChI is InChI=1S/C16H24/c1-4-16(3)11-5-6-15(12-16)14-9-7-13(2)8-10-14/h7-10,15H,4-6,11-12H2,1-3H3. The normalized spacial score (nSPS) is 30.3. The second-order valence-corrected chi connectivity index (χ2v) is 5.87. The fourth-order valence-electron chi connectivity index (χ4n) is 3.02. The molecular weight excluding hydrogens is 192 g/mol. The van der Waals surface area contributed by atoms with E-state index in [2.05, 4.69) is 45.0 Å². The van der Waals surface area contributed by atoms with Crippen LogP contribution in [0.2, 0.25) is 0 Å². The number of hydrogen-bond acceptors (Lipinski definition) is 0. The predicted octanol–water partition coefficient (Wildman–Crippen LogP) is 5.07. The van der Waals surface area contributed by atoms with Gasteiger partial charge in [-0.2, -0.15) is 0 Å². The van der Waals surface area contributed by atoms with E-state index < -0.39 is 0 Å². The SMILES string of the molecule is CCC1(C)CCCC(c2ccc(C)cc2)C1. The van der Waals surface area contributed by atoms with Gasteiger partial charge >= 0.3 is 0 Å². The van der Waals surface area contributed by atoms with Crippen LogP contribution in [0.15, 0.2) is 24.3 Å². The Morgan fingerprint density at radius 2 is 1.94 bits per heavy atom. The number of rotatable bonds is 2. The van der Waals surface area contributed by atoms with E-state index in [0.717, 1.165) is 5.92 Å². The molecule has 1 aliphatic carbocycles. The first kappa shape index (κ1) is 11.7. The van der Waals surface area contributed by atoms with Crippen LogP contribution in [0.25, 0.3) is 0 Å². The van der Waals surface area contributed by atoms with E-state index in [0.29, 0.717) is 5.41 Å². The van der Waals surface area contributed by atoms with Crippen LogP contribution in [0.1, 0.15) is 63.0 Å². The second-order valence-electron chi connectivity index (χ2n) is 5.87. The molecule has 0 heteroatoms. The van der Waals surface area contributed by atoms with Crippen LogP contribution < -0.4 is 0 Å². The zero-order valence-electron chi connectivity index (χ0n) is 10.9. The van der Waals surface area contributed by atoms with E-state index in [1.54, 1.807) is 5.56 Å². The number of benzene rings is 1. The fraction of sp³-hybridized carbons (Fsp3) is 0.625. The van der Waals surface area contributed by atoms with Crippen molar-refractivity contribution in [2.45, 2.75) is 58.8 Å². The molecule has 1 aromatic carbocycles. The molecule has 0 amide bonds. The molecule has 1 aliphatic rings. The number of hydrogen-bond donors (Lipinski definition) is 0. The average Bonchev–Trinajstić information content (AvgIpc) is 2.30. The lowest BCUT2D eigenvalue weighted by atomic mass is 9.68. The monoisotopic (exact) mass is 216 g/mol. The van der Waals surface area contributed by atoms with Crippen molar-refractivity contribution >= 4 is 0 Å². The van der Waals surface area contributed by atoms with E-state index in [9.17, 15) is 0 Å². The lowest BCUT2D eigenvalue weighted by Gasteiger charge is -2.38. The minimum Gasteiger partial charge on any atom is -0.0649 e. The summed E-state index contributed by atoms with van der Waals surface area (Å²) in [5.74, 6) is 0.805. The van der Waals surface area contributed by atoms with Crippen LogP contribution in [-0.4, -0.2) is 0 Å². The molecule has 0 saturated heterocycles. The van der Waals surface area contributed by atoms with Crippen molar-refractivity contribution in [1.29, 1.82) is 0 Å². The minimum atomic E-state index is 0.591. The van der Waals surface area contributed by atoms with E-state index >= 15 is 0 Å². The topological polar surface area (TPSA) is 0 Å². The smallest absolute Gasteiger partial charge is 0.0157 e. The molecule has 0 aromatic heterocycles. The molecule has 16 heavy (non-hydrogen) atoms. The molecule has 1 aromatic rings. The maximum Gasteiger partial charge on any atom is -0.0157 e. The van der Waals surface area contributed by atoms with Gasteiger partial charge in [0.2, 0.25) is 0 Å². The summed E-state index contributed by atoms with van der Waals surface area (Å²) in [5, 5.41) is 0. The van der Waals surface area contributed by atoms with Crippen LogP contribution in [0.5, 0.6) is 0 Å². The quantitative estimate of drug-likeness (QED) is 0.647. The predicted molar refractivity (Wildman–Crippen MR) is 70.8 cm³/mol. The Morgan fingerprint density at radius 3 is 2.56 bits per heavy atom. The van der Waals surface area contributed by atoms with Gasteiger partial charge in [0, 0.05) is 0 Å². The molecule has 2 unspecified atom stereocenters. The first-order valence-electron chi connectivity index (χ1n) is 6.69. The molecule has 0 bridgehead atoms. The first-order chi connectivity index (χ1) is 7.63. The molecule has 2 atom stereocenters. The molecule has 88 valence electrons. The molecule has 0 heterocycles. The zero-order chi connectivity index (χ0) is 11.6. The lowest BCUT2D eigenvalue weighted by molar-refractivity contribution is 0.186. The van der Waals surface area contributed by atoms with Crippen molar-refractivity contribution in [1.82, 2.24) is 0 Å². The van der Waals surface area contributed by atoms with Gasteiger partial charge in [-0.3, -0.25) is 0 Å². The highest BCUT2D eigenvalue weighted by Gasteiger charge is 2.30. The summed E-state index contributed by atoms with van der Waals surface area (Å²) in [5.41, 5.74) is 3.52.